The van der Waals surface area contributed by atoms with Gasteiger partial charge in [-0.15, -0.1) is 12.6 Å². The van der Waals surface area contributed by atoms with Gasteiger partial charge in [0.1, 0.15) is 12.4 Å². The van der Waals surface area contributed by atoms with Crippen LogP contribution in [0, 0.1) is 0 Å². The number of hydrogen-bond acceptors (Lipinski definition) is 4. The van der Waals surface area contributed by atoms with Crippen molar-refractivity contribution in [3.05, 3.63) is 88.4 Å². The fourth-order valence-corrected chi connectivity index (χ4v) is 3.19. The maximum Gasteiger partial charge on any atom is 0.228 e. The highest BCUT2D eigenvalue weighted by Gasteiger charge is 2.09. The molecule has 0 unspecified atom stereocenters. The summed E-state index contributed by atoms with van der Waals surface area (Å²) in [6.45, 7) is 0.846. The van der Waals surface area contributed by atoms with E-state index in [0.717, 1.165) is 27.3 Å². The van der Waals surface area contributed by atoms with Crippen molar-refractivity contribution < 1.29 is 9.53 Å². The summed E-state index contributed by atoms with van der Waals surface area (Å²) in [5.74, 6) is 0.622. The number of nitrogens with one attached hydrogen (secondary N) is 1. The molecule has 28 heavy (non-hydrogen) atoms. The third-order valence-corrected chi connectivity index (χ3v) is 4.99. The van der Waals surface area contributed by atoms with Gasteiger partial charge in [0, 0.05) is 27.7 Å². The van der Waals surface area contributed by atoms with E-state index in [4.69, 9.17) is 22.1 Å². The Hall–Kier alpha value is -2.47. The normalized spacial score (nSPS) is 10.5. The minimum atomic E-state index is -0.136. The van der Waals surface area contributed by atoms with Crippen molar-refractivity contribution in [1.29, 1.82) is 0 Å². The Morgan fingerprint density at radius 1 is 1.04 bits per heavy atom. The van der Waals surface area contributed by atoms with Crippen LogP contribution in [0.2, 0.25) is 5.02 Å². The number of benzene rings is 3. The van der Waals surface area contributed by atoms with E-state index in [0.29, 0.717) is 23.9 Å². The summed E-state index contributed by atoms with van der Waals surface area (Å²) in [4.78, 5) is 13.0. The molecule has 0 aliphatic carbocycles. The van der Waals surface area contributed by atoms with Crippen LogP contribution in [0.15, 0.2) is 71.6 Å². The third kappa shape index (κ3) is 5.52. The minimum absolute atomic E-state index is 0.136. The number of carbonyl (C=O) groups excluding carboxylic acids is 1. The molecule has 1 amide bonds. The Morgan fingerprint density at radius 3 is 2.61 bits per heavy atom. The van der Waals surface area contributed by atoms with Crippen LogP contribution in [0.25, 0.3) is 0 Å². The van der Waals surface area contributed by atoms with Crippen molar-refractivity contribution in [1.82, 2.24) is 0 Å². The topological polar surface area (TPSA) is 64.3 Å². The third-order valence-electron chi connectivity index (χ3n) is 4.21. The predicted octanol–water partition coefficient (Wildman–Crippen LogP) is 4.85. The van der Waals surface area contributed by atoms with E-state index in [1.165, 1.54) is 0 Å². The van der Waals surface area contributed by atoms with Gasteiger partial charge < -0.3 is 15.8 Å². The molecule has 144 valence electrons. The van der Waals surface area contributed by atoms with Gasteiger partial charge in [-0.3, -0.25) is 4.79 Å². The van der Waals surface area contributed by atoms with Crippen LogP contribution in [0.1, 0.15) is 16.7 Å². The molecule has 0 bridgehead atoms. The number of ether oxygens (including phenoxy) is 1. The molecule has 0 atom stereocenters. The van der Waals surface area contributed by atoms with Crippen LogP contribution < -0.4 is 15.8 Å². The molecule has 3 aromatic carbocycles. The number of rotatable bonds is 7. The monoisotopic (exact) mass is 412 g/mol. The maximum atomic E-state index is 12.3. The first-order valence-electron chi connectivity index (χ1n) is 8.82. The SMILES string of the molecule is NCc1cccc(OCc2ccc(NC(=O)Cc3ccccc3Cl)cc2S)c1. The zero-order valence-electron chi connectivity index (χ0n) is 15.2. The molecule has 3 rings (SSSR count). The van der Waals surface area contributed by atoms with Gasteiger partial charge in [-0.2, -0.15) is 0 Å². The summed E-state index contributed by atoms with van der Waals surface area (Å²) < 4.78 is 5.82. The molecule has 0 saturated carbocycles. The first-order valence-corrected chi connectivity index (χ1v) is 9.64. The van der Waals surface area contributed by atoms with Crippen molar-refractivity contribution in [2.45, 2.75) is 24.5 Å². The van der Waals surface area contributed by atoms with E-state index in [1.54, 1.807) is 6.07 Å². The number of amides is 1. The summed E-state index contributed by atoms with van der Waals surface area (Å²) in [6, 6.07) is 20.5. The van der Waals surface area contributed by atoms with Gasteiger partial charge in [-0.1, -0.05) is 48.0 Å². The number of anilines is 1. The second-order valence-electron chi connectivity index (χ2n) is 6.30. The Kier molecular flexibility index (Phi) is 6.98. The second kappa shape index (κ2) is 9.64. The Morgan fingerprint density at radius 2 is 1.86 bits per heavy atom. The average molecular weight is 413 g/mol. The Balaban J connectivity index is 1.60. The number of halogens is 1. The minimum Gasteiger partial charge on any atom is -0.489 e. The first kappa shape index (κ1) is 20.3. The van der Waals surface area contributed by atoms with Gasteiger partial charge in [-0.25, -0.2) is 0 Å². The van der Waals surface area contributed by atoms with Gasteiger partial charge in [-0.05, 0) is 41.5 Å². The zero-order chi connectivity index (χ0) is 19.9. The average Bonchev–Trinajstić information content (AvgIpc) is 2.69. The van der Waals surface area contributed by atoms with Crippen LogP contribution in [0.4, 0.5) is 5.69 Å². The fourth-order valence-electron chi connectivity index (χ4n) is 2.71. The van der Waals surface area contributed by atoms with Crippen molar-refractivity contribution in [2.24, 2.45) is 5.73 Å². The molecule has 0 radical (unpaired) electrons. The smallest absolute Gasteiger partial charge is 0.228 e. The quantitative estimate of drug-likeness (QED) is 0.486. The van der Waals surface area contributed by atoms with Crippen molar-refractivity contribution in [3.63, 3.8) is 0 Å². The predicted molar refractivity (Wildman–Crippen MR) is 116 cm³/mol. The summed E-state index contributed by atoms with van der Waals surface area (Å²) in [5, 5.41) is 3.46. The number of thiol groups is 1. The molecule has 3 N–H and O–H groups in total. The lowest BCUT2D eigenvalue weighted by atomic mass is 10.1. The Bertz CT molecular complexity index is 978. The lowest BCUT2D eigenvalue weighted by Gasteiger charge is -2.12. The molecule has 0 aliphatic rings. The summed E-state index contributed by atoms with van der Waals surface area (Å²) in [7, 11) is 0. The van der Waals surface area contributed by atoms with Gasteiger partial charge in [0.25, 0.3) is 0 Å². The van der Waals surface area contributed by atoms with Gasteiger partial charge in [0.05, 0.1) is 6.42 Å². The van der Waals surface area contributed by atoms with E-state index in [-0.39, 0.29) is 12.3 Å². The largest absolute Gasteiger partial charge is 0.489 e. The zero-order valence-corrected chi connectivity index (χ0v) is 16.8. The highest BCUT2D eigenvalue weighted by atomic mass is 35.5. The summed E-state index contributed by atoms with van der Waals surface area (Å²) in [6.07, 6.45) is 0.212. The van der Waals surface area contributed by atoms with E-state index < -0.39 is 0 Å². The standard InChI is InChI=1S/C22H21ClN2O2S/c23-20-7-2-1-5-16(20)11-22(26)25-18-9-8-17(21(28)12-18)14-27-19-6-3-4-15(10-19)13-24/h1-10,12,28H,11,13-14,24H2,(H,25,26). The van der Waals surface area contributed by atoms with E-state index >= 15 is 0 Å². The van der Waals surface area contributed by atoms with Crippen LogP contribution >= 0.6 is 24.2 Å². The first-order chi connectivity index (χ1) is 13.5. The molecule has 0 spiro atoms. The fraction of sp³-hybridized carbons (Fsp3) is 0.136. The van der Waals surface area contributed by atoms with E-state index in [9.17, 15) is 4.79 Å². The molecule has 0 aliphatic heterocycles. The lowest BCUT2D eigenvalue weighted by molar-refractivity contribution is -0.115. The van der Waals surface area contributed by atoms with Crippen LogP contribution in [0.3, 0.4) is 0 Å². The molecule has 0 heterocycles. The Labute approximate surface area is 175 Å². The van der Waals surface area contributed by atoms with Gasteiger partial charge >= 0.3 is 0 Å². The van der Waals surface area contributed by atoms with E-state index in [2.05, 4.69) is 17.9 Å². The van der Waals surface area contributed by atoms with Gasteiger partial charge in [0.15, 0.2) is 0 Å². The van der Waals surface area contributed by atoms with E-state index in [1.807, 2.05) is 60.7 Å². The number of carbonyl (C=O) groups is 1. The van der Waals surface area contributed by atoms with Crippen molar-refractivity contribution >= 4 is 35.8 Å². The molecule has 0 saturated heterocycles. The highest BCUT2D eigenvalue weighted by Crippen LogP contribution is 2.23. The maximum absolute atomic E-state index is 12.3. The van der Waals surface area contributed by atoms with Crippen LogP contribution in [0.5, 0.6) is 5.75 Å². The van der Waals surface area contributed by atoms with Crippen molar-refractivity contribution in [2.75, 3.05) is 5.32 Å². The van der Waals surface area contributed by atoms with Gasteiger partial charge in [0.2, 0.25) is 5.91 Å². The molecule has 3 aromatic rings. The summed E-state index contributed by atoms with van der Waals surface area (Å²) >= 11 is 10.6. The molecule has 6 heteroatoms. The van der Waals surface area contributed by atoms with Crippen LogP contribution in [-0.4, -0.2) is 5.91 Å². The summed E-state index contributed by atoms with van der Waals surface area (Å²) in [5.41, 5.74) is 9.06. The van der Waals surface area contributed by atoms with Crippen molar-refractivity contribution in [3.8, 4) is 5.75 Å². The molecule has 4 nitrogen and oxygen atoms in total. The highest BCUT2D eigenvalue weighted by molar-refractivity contribution is 7.80. The number of nitrogens with two attached hydrogens (primary N) is 1. The lowest BCUT2D eigenvalue weighted by Crippen LogP contribution is -2.14. The number of hydrogen-bond donors (Lipinski definition) is 3. The second-order valence-corrected chi connectivity index (χ2v) is 7.19. The molecular weight excluding hydrogens is 392 g/mol. The molecule has 0 aromatic heterocycles. The molecule has 0 fully saturated rings. The molecular formula is C22H21ClN2O2S. The van der Waals surface area contributed by atoms with Crippen LogP contribution in [-0.2, 0) is 24.4 Å².